The van der Waals surface area contributed by atoms with Gasteiger partial charge in [-0.15, -0.1) is 0 Å². The minimum Gasteiger partial charge on any atom is -0.481 e. The van der Waals surface area contributed by atoms with Crippen LogP contribution in [-0.2, 0) is 17.4 Å². The Balaban J connectivity index is 3.55. The highest BCUT2D eigenvalue weighted by molar-refractivity contribution is 5.71. The molecule has 1 aromatic rings. The number of aryl methyl sites for hydroxylation is 1. The number of carboxylic acids is 1. The van der Waals surface area contributed by atoms with Crippen LogP contribution >= 0.6 is 0 Å². The summed E-state index contributed by atoms with van der Waals surface area (Å²) in [5, 5.41) is 8.52. The smallest absolute Gasteiger partial charge is 0.418 e. The highest BCUT2D eigenvalue weighted by Gasteiger charge is 2.38. The van der Waals surface area contributed by atoms with Gasteiger partial charge in [-0.1, -0.05) is 0 Å². The van der Waals surface area contributed by atoms with Crippen molar-refractivity contribution in [3.05, 3.63) is 28.6 Å². The number of carboxylic acid groups (broad SMARTS) is 1. The molecule has 3 nitrogen and oxygen atoms in total. The number of rotatable bonds is 3. The second-order valence-corrected chi connectivity index (χ2v) is 3.52. The molecule has 0 radical (unpaired) electrons. The van der Waals surface area contributed by atoms with E-state index >= 15 is 0 Å². The molecule has 0 saturated carbocycles. The van der Waals surface area contributed by atoms with Crippen LogP contribution in [0.25, 0.3) is 0 Å². The third-order valence-corrected chi connectivity index (χ3v) is 2.26. The number of aromatic nitrogens is 1. The fourth-order valence-corrected chi connectivity index (χ4v) is 1.58. The first-order valence-electron chi connectivity index (χ1n) is 4.70. The third-order valence-electron chi connectivity index (χ3n) is 2.26. The van der Waals surface area contributed by atoms with Gasteiger partial charge in [0.05, 0.1) is 12.0 Å². The van der Waals surface area contributed by atoms with Gasteiger partial charge in [0.15, 0.2) is 0 Å². The Morgan fingerprint density at radius 2 is 2.00 bits per heavy atom. The van der Waals surface area contributed by atoms with Gasteiger partial charge in [-0.25, -0.2) is 8.78 Å². The lowest BCUT2D eigenvalue weighted by Gasteiger charge is -2.17. The number of nitrogens with zero attached hydrogens (tertiary/aromatic N) is 1. The molecule has 0 unspecified atom stereocenters. The van der Waals surface area contributed by atoms with Gasteiger partial charge < -0.3 is 5.11 Å². The van der Waals surface area contributed by atoms with E-state index < -0.39 is 47.4 Å². The van der Waals surface area contributed by atoms with Gasteiger partial charge in [0.1, 0.15) is 0 Å². The van der Waals surface area contributed by atoms with Crippen LogP contribution in [0.1, 0.15) is 28.8 Å². The van der Waals surface area contributed by atoms with E-state index in [0.29, 0.717) is 6.20 Å². The van der Waals surface area contributed by atoms with Crippen LogP contribution < -0.4 is 0 Å². The van der Waals surface area contributed by atoms with Gasteiger partial charge in [0.25, 0.3) is 6.43 Å². The molecule has 0 amide bonds. The van der Waals surface area contributed by atoms with E-state index in [1.54, 1.807) is 0 Å². The van der Waals surface area contributed by atoms with Gasteiger partial charge in [-0.2, -0.15) is 13.2 Å². The Kier molecular flexibility index (Phi) is 3.88. The molecule has 0 spiro atoms. The standard InChI is InChI=1S/C10H8F5NO2/c1-4-8(10(13,14)15)5(2-7(17)18)6(3-16-4)9(11)12/h3,9H,2H2,1H3,(H,17,18). The first-order valence-corrected chi connectivity index (χ1v) is 4.70. The molecule has 8 heteroatoms. The van der Waals surface area contributed by atoms with Crippen molar-refractivity contribution in [2.24, 2.45) is 0 Å². The monoisotopic (exact) mass is 269 g/mol. The van der Waals surface area contributed by atoms with E-state index in [4.69, 9.17) is 5.11 Å². The summed E-state index contributed by atoms with van der Waals surface area (Å²) in [7, 11) is 0. The molecule has 1 N–H and O–H groups in total. The zero-order chi connectivity index (χ0) is 14.1. The molecule has 0 fully saturated rings. The SMILES string of the molecule is Cc1ncc(C(F)F)c(CC(=O)O)c1C(F)(F)F. The highest BCUT2D eigenvalue weighted by atomic mass is 19.4. The fourth-order valence-electron chi connectivity index (χ4n) is 1.58. The zero-order valence-electron chi connectivity index (χ0n) is 9.05. The van der Waals surface area contributed by atoms with Crippen molar-refractivity contribution in [3.63, 3.8) is 0 Å². The summed E-state index contributed by atoms with van der Waals surface area (Å²) in [4.78, 5) is 13.7. The molecule has 18 heavy (non-hydrogen) atoms. The van der Waals surface area contributed by atoms with E-state index in [1.165, 1.54) is 0 Å². The maximum atomic E-state index is 12.7. The van der Waals surface area contributed by atoms with Gasteiger partial charge in [-0.05, 0) is 12.5 Å². The van der Waals surface area contributed by atoms with Crippen molar-refractivity contribution in [1.82, 2.24) is 4.98 Å². The second kappa shape index (κ2) is 4.87. The normalized spacial score (nSPS) is 11.9. The van der Waals surface area contributed by atoms with Crippen LogP contribution in [0.4, 0.5) is 22.0 Å². The minimum absolute atomic E-state index is 0.525. The maximum absolute atomic E-state index is 12.7. The number of pyridine rings is 1. The van der Waals surface area contributed by atoms with Crippen molar-refractivity contribution in [3.8, 4) is 0 Å². The van der Waals surface area contributed by atoms with Crippen LogP contribution in [-0.4, -0.2) is 16.1 Å². The van der Waals surface area contributed by atoms with E-state index in [2.05, 4.69) is 4.98 Å². The molecular weight excluding hydrogens is 261 g/mol. The molecule has 100 valence electrons. The van der Waals surface area contributed by atoms with Gasteiger partial charge in [0, 0.05) is 17.5 Å². The number of halogens is 5. The number of carbonyl (C=O) groups is 1. The molecule has 0 aliphatic carbocycles. The molecule has 0 aliphatic rings. The van der Waals surface area contributed by atoms with Crippen LogP contribution in [0.3, 0.4) is 0 Å². The highest BCUT2D eigenvalue weighted by Crippen LogP contribution is 2.37. The summed E-state index contributed by atoms with van der Waals surface area (Å²) in [6, 6.07) is 0. The molecule has 1 heterocycles. The van der Waals surface area contributed by atoms with Gasteiger partial charge in [0.2, 0.25) is 0 Å². The predicted octanol–water partition coefficient (Wildman–Crippen LogP) is 2.97. The van der Waals surface area contributed by atoms with E-state index in [0.717, 1.165) is 6.92 Å². The molecule has 1 aromatic heterocycles. The second-order valence-electron chi connectivity index (χ2n) is 3.52. The number of alkyl halides is 5. The summed E-state index contributed by atoms with van der Waals surface area (Å²) in [5.74, 6) is -1.62. The third kappa shape index (κ3) is 2.93. The van der Waals surface area contributed by atoms with Crippen molar-refractivity contribution in [1.29, 1.82) is 0 Å². The lowest BCUT2D eigenvalue weighted by molar-refractivity contribution is -0.140. The molecule has 1 rings (SSSR count). The molecule has 0 saturated heterocycles. The van der Waals surface area contributed by atoms with Crippen LogP contribution in [0.5, 0.6) is 0 Å². The van der Waals surface area contributed by atoms with E-state index in [9.17, 15) is 26.7 Å². The Morgan fingerprint density at radius 1 is 1.44 bits per heavy atom. The van der Waals surface area contributed by atoms with Crippen molar-refractivity contribution in [2.45, 2.75) is 25.9 Å². The van der Waals surface area contributed by atoms with Gasteiger partial charge >= 0.3 is 12.1 Å². The van der Waals surface area contributed by atoms with Crippen molar-refractivity contribution >= 4 is 5.97 Å². The number of hydrogen-bond acceptors (Lipinski definition) is 2. The molecular formula is C10H8F5NO2. The Hall–Kier alpha value is -1.73. The number of hydrogen-bond donors (Lipinski definition) is 1. The van der Waals surface area contributed by atoms with Gasteiger partial charge in [-0.3, -0.25) is 9.78 Å². The topological polar surface area (TPSA) is 50.2 Å². The van der Waals surface area contributed by atoms with Crippen LogP contribution in [0.15, 0.2) is 6.20 Å². The Labute approximate surface area is 98.3 Å². The zero-order valence-corrected chi connectivity index (χ0v) is 9.05. The Bertz CT molecular complexity index is 470. The number of aliphatic carboxylic acids is 1. The van der Waals surface area contributed by atoms with Crippen molar-refractivity contribution in [2.75, 3.05) is 0 Å². The molecule has 0 atom stereocenters. The van der Waals surface area contributed by atoms with Crippen LogP contribution in [0.2, 0.25) is 0 Å². The van der Waals surface area contributed by atoms with Crippen LogP contribution in [0, 0.1) is 6.92 Å². The first-order chi connectivity index (χ1) is 8.14. The summed E-state index contributed by atoms with van der Waals surface area (Å²) in [6.45, 7) is 0.990. The molecule has 0 aromatic carbocycles. The lowest BCUT2D eigenvalue weighted by Crippen LogP contribution is -2.17. The average molecular weight is 269 g/mol. The summed E-state index contributed by atoms with van der Waals surface area (Å²) in [5.41, 5.74) is -3.86. The molecule has 0 aliphatic heterocycles. The summed E-state index contributed by atoms with van der Waals surface area (Å²) < 4.78 is 63.3. The maximum Gasteiger partial charge on any atom is 0.418 e. The van der Waals surface area contributed by atoms with E-state index in [-0.39, 0.29) is 0 Å². The largest absolute Gasteiger partial charge is 0.481 e. The lowest BCUT2D eigenvalue weighted by atomic mass is 9.98. The predicted molar refractivity (Wildman–Crippen MR) is 50.3 cm³/mol. The summed E-state index contributed by atoms with van der Waals surface area (Å²) in [6.07, 6.45) is -8.69. The summed E-state index contributed by atoms with van der Waals surface area (Å²) >= 11 is 0. The van der Waals surface area contributed by atoms with E-state index in [1.807, 2.05) is 0 Å². The Morgan fingerprint density at radius 3 is 2.39 bits per heavy atom. The van der Waals surface area contributed by atoms with Crippen molar-refractivity contribution < 1.29 is 31.9 Å². The first kappa shape index (κ1) is 14.3. The minimum atomic E-state index is -4.92. The molecule has 0 bridgehead atoms. The quantitative estimate of drug-likeness (QED) is 0.858. The average Bonchev–Trinajstić information content (AvgIpc) is 2.13. The fraction of sp³-hybridized carbons (Fsp3) is 0.400.